The van der Waals surface area contributed by atoms with Crippen LogP contribution in [0.5, 0.6) is 0 Å². The molecule has 39 heavy (non-hydrogen) atoms. The summed E-state index contributed by atoms with van der Waals surface area (Å²) in [4.78, 5) is 27.8. The van der Waals surface area contributed by atoms with E-state index in [4.69, 9.17) is 5.10 Å². The third kappa shape index (κ3) is 4.61. The molecular formula is C30H37N5O4. The van der Waals surface area contributed by atoms with Gasteiger partial charge in [-0.3, -0.25) is 14.3 Å². The van der Waals surface area contributed by atoms with E-state index in [-0.39, 0.29) is 17.5 Å². The number of aliphatic hydroxyl groups is 1. The van der Waals surface area contributed by atoms with Gasteiger partial charge in [-0.1, -0.05) is 45.7 Å². The quantitative estimate of drug-likeness (QED) is 0.335. The molecule has 4 N–H and O–H groups in total. The van der Waals surface area contributed by atoms with Crippen LogP contribution in [0.25, 0.3) is 10.9 Å². The van der Waals surface area contributed by atoms with Gasteiger partial charge in [0.1, 0.15) is 5.39 Å². The summed E-state index contributed by atoms with van der Waals surface area (Å²) in [6, 6.07) is 11.6. The van der Waals surface area contributed by atoms with E-state index in [9.17, 15) is 25.1 Å². The summed E-state index contributed by atoms with van der Waals surface area (Å²) < 4.78 is 1.84. The van der Waals surface area contributed by atoms with Crippen molar-refractivity contribution in [1.82, 2.24) is 14.8 Å². The Labute approximate surface area is 227 Å². The zero-order valence-electron chi connectivity index (χ0n) is 22.8. The van der Waals surface area contributed by atoms with Crippen molar-refractivity contribution in [3.63, 3.8) is 0 Å². The second-order valence-corrected chi connectivity index (χ2v) is 12.3. The first kappa shape index (κ1) is 26.9. The first-order valence-corrected chi connectivity index (χ1v) is 13.8. The summed E-state index contributed by atoms with van der Waals surface area (Å²) in [7, 11) is 0. The number of aliphatic carboxylic acids is 1. The van der Waals surface area contributed by atoms with E-state index in [0.717, 1.165) is 31.2 Å². The van der Waals surface area contributed by atoms with Gasteiger partial charge in [-0.2, -0.15) is 10.4 Å². The number of carboxylic acids is 1. The van der Waals surface area contributed by atoms with E-state index < -0.39 is 22.4 Å². The molecule has 206 valence electrons. The smallest absolute Gasteiger partial charge is 0.310 e. The highest BCUT2D eigenvalue weighted by atomic mass is 16.4. The second kappa shape index (κ2) is 9.83. The summed E-state index contributed by atoms with van der Waals surface area (Å²) in [5.74, 6) is -0.523. The number of aromatic nitrogens is 3. The number of pyridine rings is 1. The van der Waals surface area contributed by atoms with E-state index >= 15 is 0 Å². The number of H-pyrrole nitrogens is 1. The number of carbonyl (C=O) groups is 1. The Morgan fingerprint density at radius 3 is 2.41 bits per heavy atom. The van der Waals surface area contributed by atoms with Crippen molar-refractivity contribution in [2.45, 2.75) is 83.8 Å². The molecule has 2 aliphatic carbocycles. The number of benzene rings is 1. The Hall–Kier alpha value is -3.64. The van der Waals surface area contributed by atoms with Crippen LogP contribution >= 0.6 is 0 Å². The molecule has 9 heteroatoms. The number of carboxylic acid groups (broad SMARTS) is 1. The molecule has 2 fully saturated rings. The highest BCUT2D eigenvalue weighted by Gasteiger charge is 2.53. The minimum Gasteiger partial charge on any atom is -0.481 e. The van der Waals surface area contributed by atoms with Gasteiger partial charge in [0.05, 0.1) is 34.6 Å². The van der Waals surface area contributed by atoms with Gasteiger partial charge in [0, 0.05) is 11.9 Å². The Morgan fingerprint density at radius 1 is 1.13 bits per heavy atom. The molecule has 2 aliphatic rings. The number of anilines is 2. The topological polar surface area (TPSA) is 144 Å². The molecule has 0 bridgehead atoms. The molecule has 2 saturated carbocycles. The molecule has 9 nitrogen and oxygen atoms in total. The van der Waals surface area contributed by atoms with E-state index in [0.29, 0.717) is 48.1 Å². The normalized spacial score (nSPS) is 27.7. The van der Waals surface area contributed by atoms with Crippen LogP contribution in [0.15, 0.2) is 41.3 Å². The number of fused-ring (bicyclic) bond motifs is 1. The molecular weight excluding hydrogens is 494 g/mol. The number of nitriles is 1. The maximum atomic E-state index is 12.8. The van der Waals surface area contributed by atoms with E-state index in [1.54, 1.807) is 6.20 Å². The molecule has 0 aliphatic heterocycles. The summed E-state index contributed by atoms with van der Waals surface area (Å²) in [6.45, 7) is 5.87. The summed E-state index contributed by atoms with van der Waals surface area (Å²) in [5.41, 5.74) is -0.473. The van der Waals surface area contributed by atoms with Crippen LogP contribution in [0, 0.1) is 28.1 Å². The van der Waals surface area contributed by atoms with Crippen LogP contribution < -0.4 is 10.9 Å². The lowest BCUT2D eigenvalue weighted by Crippen LogP contribution is -2.48. The largest absolute Gasteiger partial charge is 0.481 e. The minimum absolute atomic E-state index is 0.0856. The van der Waals surface area contributed by atoms with Gasteiger partial charge >= 0.3 is 5.97 Å². The van der Waals surface area contributed by atoms with Crippen LogP contribution in [0.1, 0.15) is 83.7 Å². The number of aromatic amines is 1. The third-order valence-electron chi connectivity index (χ3n) is 9.30. The molecule has 0 amide bonds. The summed E-state index contributed by atoms with van der Waals surface area (Å²) >= 11 is 0. The summed E-state index contributed by atoms with van der Waals surface area (Å²) in [5, 5.41) is 39.7. The summed E-state index contributed by atoms with van der Waals surface area (Å²) in [6.07, 6.45) is 6.85. The molecule has 2 atom stereocenters. The maximum absolute atomic E-state index is 12.8. The Kier molecular flexibility index (Phi) is 6.79. The van der Waals surface area contributed by atoms with E-state index in [2.05, 4.69) is 16.4 Å². The van der Waals surface area contributed by atoms with Crippen molar-refractivity contribution in [3.05, 3.63) is 52.4 Å². The Balaban J connectivity index is 1.40. The maximum Gasteiger partial charge on any atom is 0.310 e. The molecule has 1 aromatic carbocycles. The number of rotatable bonds is 5. The monoisotopic (exact) mass is 531 g/mol. The molecule has 2 aromatic heterocycles. The van der Waals surface area contributed by atoms with Crippen molar-refractivity contribution in [3.8, 4) is 6.07 Å². The van der Waals surface area contributed by atoms with Crippen molar-refractivity contribution < 1.29 is 15.0 Å². The third-order valence-corrected chi connectivity index (χ3v) is 9.30. The number of nitrogens with zero attached hydrogens (tertiary/aromatic N) is 3. The van der Waals surface area contributed by atoms with Gasteiger partial charge in [0.2, 0.25) is 0 Å². The first-order valence-electron chi connectivity index (χ1n) is 13.8. The van der Waals surface area contributed by atoms with Crippen LogP contribution in [0.4, 0.5) is 11.5 Å². The van der Waals surface area contributed by atoms with Crippen molar-refractivity contribution >= 4 is 28.4 Å². The van der Waals surface area contributed by atoms with Gasteiger partial charge in [-0.05, 0) is 67.7 Å². The van der Waals surface area contributed by atoms with Crippen LogP contribution in [-0.2, 0) is 10.4 Å². The van der Waals surface area contributed by atoms with Crippen LogP contribution in [0.3, 0.4) is 0 Å². The van der Waals surface area contributed by atoms with Crippen molar-refractivity contribution in [1.29, 1.82) is 5.26 Å². The van der Waals surface area contributed by atoms with E-state index in [1.807, 2.05) is 55.8 Å². The van der Waals surface area contributed by atoms with Crippen molar-refractivity contribution in [2.24, 2.45) is 16.7 Å². The number of hydrogen-bond acceptors (Lipinski definition) is 6. The molecule has 2 unspecified atom stereocenters. The SMILES string of the molecule is CC(C)(C)C1(C(=O)O)CCC(O)(c2ccc(Nc3nn(C4CCCCC4C#N)c4cc[nH]c(=O)c34)cc2)CC1. The van der Waals surface area contributed by atoms with E-state index in [1.165, 1.54) is 0 Å². The zero-order valence-corrected chi connectivity index (χ0v) is 22.8. The van der Waals surface area contributed by atoms with Gasteiger partial charge < -0.3 is 20.5 Å². The lowest BCUT2D eigenvalue weighted by molar-refractivity contribution is -0.166. The number of nitrogens with one attached hydrogen (secondary N) is 2. The lowest BCUT2D eigenvalue weighted by atomic mass is 9.56. The average molecular weight is 532 g/mol. The van der Waals surface area contributed by atoms with Gasteiger partial charge in [-0.25, -0.2) is 0 Å². The van der Waals surface area contributed by atoms with Crippen LogP contribution in [0.2, 0.25) is 0 Å². The minimum atomic E-state index is -1.10. The van der Waals surface area contributed by atoms with Gasteiger partial charge in [0.15, 0.2) is 5.82 Å². The lowest BCUT2D eigenvalue weighted by Gasteiger charge is -2.48. The fourth-order valence-corrected chi connectivity index (χ4v) is 6.66. The first-order chi connectivity index (χ1) is 18.5. The Bertz CT molecular complexity index is 1470. The van der Waals surface area contributed by atoms with Crippen LogP contribution in [-0.4, -0.2) is 30.9 Å². The molecule has 0 spiro atoms. The average Bonchev–Trinajstić information content (AvgIpc) is 3.28. The molecule has 3 aromatic rings. The molecule has 2 heterocycles. The second-order valence-electron chi connectivity index (χ2n) is 12.3. The highest BCUT2D eigenvalue weighted by Crippen LogP contribution is 2.54. The van der Waals surface area contributed by atoms with Crippen molar-refractivity contribution in [2.75, 3.05) is 5.32 Å². The molecule has 5 rings (SSSR count). The number of hydrogen-bond donors (Lipinski definition) is 4. The Morgan fingerprint density at radius 2 is 1.79 bits per heavy atom. The zero-order chi connectivity index (χ0) is 28.0. The molecule has 0 saturated heterocycles. The predicted octanol–water partition coefficient (Wildman–Crippen LogP) is 5.60. The van der Waals surface area contributed by atoms with Gasteiger partial charge in [0.25, 0.3) is 5.56 Å². The fraction of sp³-hybridized carbons (Fsp3) is 0.533. The predicted molar refractivity (Wildman–Crippen MR) is 149 cm³/mol. The van der Waals surface area contributed by atoms with Gasteiger partial charge in [-0.15, -0.1) is 0 Å². The standard InChI is InChI=1S/C30H37N5O4/c1-28(2,3)29(27(37)38)13-15-30(39,16-14-29)20-8-10-21(11-9-20)33-25-24-23(12-17-32-26(24)36)35(34-25)22-7-5-4-6-19(22)18-31/h8-12,17,19,22,39H,4-7,13-16H2,1-3H3,(H,32,36)(H,33,34)(H,37,38). The fourth-order valence-electron chi connectivity index (χ4n) is 6.66. The molecule has 0 radical (unpaired) electrons. The highest BCUT2D eigenvalue weighted by molar-refractivity contribution is 5.91.